The lowest BCUT2D eigenvalue weighted by Gasteiger charge is -2.21. The molecule has 0 aliphatic carbocycles. The van der Waals surface area contributed by atoms with E-state index in [1.165, 1.54) is 5.06 Å². The van der Waals surface area contributed by atoms with Crippen LogP contribution in [0.4, 0.5) is 0 Å². The summed E-state index contributed by atoms with van der Waals surface area (Å²) in [4.78, 5) is 0. The molecule has 3 heteroatoms. The van der Waals surface area contributed by atoms with Crippen molar-refractivity contribution in [1.82, 2.24) is 5.06 Å². The Morgan fingerprint density at radius 1 is 1.24 bits per heavy atom. The van der Waals surface area contributed by atoms with Crippen LogP contribution in [-0.4, -0.2) is 10.3 Å². The average Bonchev–Trinajstić information content (AvgIpc) is 2.85. The highest BCUT2D eigenvalue weighted by Gasteiger charge is 2.17. The summed E-state index contributed by atoms with van der Waals surface area (Å²) in [5.74, 6) is 0.679. The van der Waals surface area contributed by atoms with Gasteiger partial charge in [0.15, 0.2) is 0 Å². The molecule has 1 aromatic carbocycles. The Bertz CT molecular complexity index is 450. The minimum absolute atomic E-state index is 0.329. The first kappa shape index (κ1) is 11.6. The Kier molecular flexibility index (Phi) is 3.75. The molecule has 1 unspecified atom stereocenters. The molecule has 0 fully saturated rings. The predicted molar refractivity (Wildman–Crippen MR) is 65.4 cm³/mol. The summed E-state index contributed by atoms with van der Waals surface area (Å²) in [6.45, 7) is 4.15. The minimum Gasteiger partial charge on any atom is -0.467 e. The molecule has 88 valence electrons. The average molecular weight is 229 g/mol. The number of hydrogen-bond acceptors (Lipinski definition) is 3. The van der Waals surface area contributed by atoms with E-state index in [9.17, 15) is 5.21 Å². The number of nitrogens with zero attached hydrogens (tertiary/aromatic N) is 1. The van der Waals surface area contributed by atoms with Crippen molar-refractivity contribution in [2.75, 3.05) is 0 Å². The predicted octanol–water partition coefficient (Wildman–Crippen LogP) is 3.40. The normalized spacial score (nSPS) is 12.6. The Labute approximate surface area is 101 Å². The fourth-order valence-electron chi connectivity index (χ4n) is 1.71. The van der Waals surface area contributed by atoms with E-state index in [-0.39, 0.29) is 6.04 Å². The molecule has 2 aromatic rings. The van der Waals surface area contributed by atoms with Crippen LogP contribution in [0.2, 0.25) is 0 Å². The van der Waals surface area contributed by atoms with Gasteiger partial charge in [0.05, 0.1) is 12.8 Å². The first-order chi connectivity index (χ1) is 8.31. The number of hydroxylamine groups is 2. The highest BCUT2D eigenvalue weighted by Crippen LogP contribution is 2.22. The molecule has 1 aromatic heterocycles. The third-order valence-electron chi connectivity index (χ3n) is 2.57. The second-order valence-corrected chi connectivity index (χ2v) is 3.78. The SMILES string of the molecule is C=CC(c1ccco1)N(O)Cc1ccccc1. The van der Waals surface area contributed by atoms with E-state index in [0.717, 1.165) is 5.56 Å². The number of benzene rings is 1. The van der Waals surface area contributed by atoms with Gasteiger partial charge in [0.1, 0.15) is 11.8 Å². The van der Waals surface area contributed by atoms with Crippen LogP contribution in [0.15, 0.2) is 65.8 Å². The zero-order valence-corrected chi connectivity index (χ0v) is 9.49. The third kappa shape index (κ3) is 2.84. The molecular weight excluding hydrogens is 214 g/mol. The highest BCUT2D eigenvalue weighted by atomic mass is 16.5. The Morgan fingerprint density at radius 3 is 2.59 bits per heavy atom. The lowest BCUT2D eigenvalue weighted by atomic mass is 10.1. The second-order valence-electron chi connectivity index (χ2n) is 3.78. The molecule has 17 heavy (non-hydrogen) atoms. The summed E-state index contributed by atoms with van der Waals surface area (Å²) >= 11 is 0. The van der Waals surface area contributed by atoms with Crippen LogP contribution in [0.5, 0.6) is 0 Å². The Hall–Kier alpha value is -1.84. The maximum Gasteiger partial charge on any atom is 0.127 e. The van der Waals surface area contributed by atoms with Crippen molar-refractivity contribution in [3.8, 4) is 0 Å². The van der Waals surface area contributed by atoms with Crippen LogP contribution in [0.25, 0.3) is 0 Å². The molecule has 0 bridgehead atoms. The molecule has 1 N–H and O–H groups in total. The molecule has 1 heterocycles. The molecule has 0 aliphatic rings. The van der Waals surface area contributed by atoms with Crippen molar-refractivity contribution >= 4 is 0 Å². The molecule has 2 rings (SSSR count). The lowest BCUT2D eigenvalue weighted by Crippen LogP contribution is -2.23. The number of furan rings is 1. The van der Waals surface area contributed by atoms with Gasteiger partial charge in [-0.05, 0) is 17.7 Å². The summed E-state index contributed by atoms with van der Waals surface area (Å²) in [5, 5.41) is 11.2. The molecule has 0 saturated carbocycles. The number of rotatable bonds is 5. The minimum atomic E-state index is -0.329. The summed E-state index contributed by atoms with van der Waals surface area (Å²) in [7, 11) is 0. The molecule has 0 saturated heterocycles. The lowest BCUT2D eigenvalue weighted by molar-refractivity contribution is -0.128. The van der Waals surface area contributed by atoms with Crippen molar-refractivity contribution in [1.29, 1.82) is 0 Å². The van der Waals surface area contributed by atoms with E-state index in [4.69, 9.17) is 4.42 Å². The van der Waals surface area contributed by atoms with Gasteiger partial charge in [-0.2, -0.15) is 5.06 Å². The van der Waals surface area contributed by atoms with Gasteiger partial charge in [-0.25, -0.2) is 0 Å². The van der Waals surface area contributed by atoms with Crippen LogP contribution in [0.1, 0.15) is 17.4 Å². The summed E-state index contributed by atoms with van der Waals surface area (Å²) < 4.78 is 5.27. The fraction of sp³-hybridized carbons (Fsp3) is 0.143. The smallest absolute Gasteiger partial charge is 0.127 e. The molecule has 1 atom stereocenters. The second kappa shape index (κ2) is 5.48. The van der Waals surface area contributed by atoms with Gasteiger partial charge in [0.2, 0.25) is 0 Å². The van der Waals surface area contributed by atoms with Crippen molar-refractivity contribution in [3.05, 3.63) is 72.7 Å². The molecule has 0 spiro atoms. The van der Waals surface area contributed by atoms with Crippen LogP contribution >= 0.6 is 0 Å². The zero-order chi connectivity index (χ0) is 12.1. The van der Waals surface area contributed by atoms with Gasteiger partial charge >= 0.3 is 0 Å². The largest absolute Gasteiger partial charge is 0.467 e. The van der Waals surface area contributed by atoms with E-state index in [1.807, 2.05) is 36.4 Å². The zero-order valence-electron chi connectivity index (χ0n) is 9.49. The van der Waals surface area contributed by atoms with Crippen LogP contribution in [0.3, 0.4) is 0 Å². The maximum atomic E-state index is 10.0. The quantitative estimate of drug-likeness (QED) is 0.630. The molecule has 0 amide bonds. The van der Waals surface area contributed by atoms with E-state index in [1.54, 1.807) is 18.4 Å². The first-order valence-electron chi connectivity index (χ1n) is 5.46. The van der Waals surface area contributed by atoms with Crippen LogP contribution < -0.4 is 0 Å². The topological polar surface area (TPSA) is 36.6 Å². The Morgan fingerprint density at radius 2 is 2.00 bits per heavy atom. The van der Waals surface area contributed by atoms with Crippen molar-refractivity contribution < 1.29 is 9.62 Å². The van der Waals surface area contributed by atoms with E-state index in [2.05, 4.69) is 6.58 Å². The van der Waals surface area contributed by atoms with E-state index in [0.29, 0.717) is 12.3 Å². The van der Waals surface area contributed by atoms with Gasteiger partial charge < -0.3 is 9.62 Å². The molecule has 0 aliphatic heterocycles. The van der Waals surface area contributed by atoms with Gasteiger partial charge in [0, 0.05) is 0 Å². The Balaban J connectivity index is 2.08. The van der Waals surface area contributed by atoms with E-state index >= 15 is 0 Å². The van der Waals surface area contributed by atoms with Gasteiger partial charge in [0.25, 0.3) is 0 Å². The fourth-order valence-corrected chi connectivity index (χ4v) is 1.71. The van der Waals surface area contributed by atoms with Gasteiger partial charge in [-0.1, -0.05) is 36.4 Å². The maximum absolute atomic E-state index is 10.0. The van der Waals surface area contributed by atoms with Crippen molar-refractivity contribution in [2.24, 2.45) is 0 Å². The van der Waals surface area contributed by atoms with Crippen LogP contribution in [0, 0.1) is 0 Å². The molecule has 0 radical (unpaired) electrons. The van der Waals surface area contributed by atoms with Crippen LogP contribution in [-0.2, 0) is 6.54 Å². The standard InChI is InChI=1S/C14H15NO2/c1-2-13(14-9-6-10-17-14)15(16)11-12-7-4-3-5-8-12/h2-10,13,16H,1,11H2. The molecular formula is C14H15NO2. The summed E-state index contributed by atoms with van der Waals surface area (Å²) in [5.41, 5.74) is 1.04. The summed E-state index contributed by atoms with van der Waals surface area (Å²) in [6, 6.07) is 13.0. The van der Waals surface area contributed by atoms with Gasteiger partial charge in [-0.3, -0.25) is 0 Å². The molecule has 3 nitrogen and oxygen atoms in total. The van der Waals surface area contributed by atoms with Crippen molar-refractivity contribution in [2.45, 2.75) is 12.6 Å². The van der Waals surface area contributed by atoms with Gasteiger partial charge in [-0.15, -0.1) is 6.58 Å². The summed E-state index contributed by atoms with van der Waals surface area (Å²) in [6.07, 6.45) is 3.24. The highest BCUT2D eigenvalue weighted by molar-refractivity contribution is 5.16. The van der Waals surface area contributed by atoms with E-state index < -0.39 is 0 Å². The van der Waals surface area contributed by atoms with Crippen molar-refractivity contribution in [3.63, 3.8) is 0 Å². The first-order valence-corrected chi connectivity index (χ1v) is 5.46. The monoisotopic (exact) mass is 229 g/mol. The third-order valence-corrected chi connectivity index (χ3v) is 2.57. The number of hydrogen-bond donors (Lipinski definition) is 1.